The van der Waals surface area contributed by atoms with Gasteiger partial charge in [-0.05, 0) is 18.7 Å². The first-order chi connectivity index (χ1) is 5.72. The van der Waals surface area contributed by atoms with Gasteiger partial charge in [-0.3, -0.25) is 0 Å². The first-order valence-electron chi connectivity index (χ1n) is 4.95. The molecule has 2 nitrogen and oxygen atoms in total. The first kappa shape index (κ1) is 12.0. The number of rotatable bonds is 7. The Morgan fingerprint density at radius 2 is 1.42 bits per heavy atom. The second kappa shape index (κ2) is 7.62. The van der Waals surface area contributed by atoms with Gasteiger partial charge in [-0.2, -0.15) is 0 Å². The predicted octanol–water partition coefficient (Wildman–Crippen LogP) is 2.74. The first-order valence-corrected chi connectivity index (χ1v) is 4.95. The zero-order chi connectivity index (χ0) is 9.40. The summed E-state index contributed by atoms with van der Waals surface area (Å²) in [5.41, 5.74) is 0. The lowest BCUT2D eigenvalue weighted by Crippen LogP contribution is -2.27. The summed E-state index contributed by atoms with van der Waals surface area (Å²) < 4.78 is 11.1. The third kappa shape index (κ3) is 5.61. The summed E-state index contributed by atoms with van der Waals surface area (Å²) >= 11 is 0. The summed E-state index contributed by atoms with van der Waals surface area (Å²) in [5, 5.41) is 0. The average molecular weight is 172 g/mol. The fraction of sp³-hybridized carbons (Fsp3) is 1.00. The summed E-state index contributed by atoms with van der Waals surface area (Å²) in [6, 6.07) is 0. The van der Waals surface area contributed by atoms with Gasteiger partial charge >= 0.3 is 7.12 Å². The molecule has 0 saturated heterocycles. The van der Waals surface area contributed by atoms with Crippen LogP contribution in [0.4, 0.5) is 0 Å². The molecule has 0 unspecified atom stereocenters. The van der Waals surface area contributed by atoms with Crippen LogP contribution in [0.5, 0.6) is 0 Å². The largest absolute Gasteiger partial charge is 0.459 e. The molecule has 0 fully saturated rings. The van der Waals surface area contributed by atoms with Gasteiger partial charge in [-0.1, -0.05) is 27.7 Å². The molecular formula is C9H21BO2. The van der Waals surface area contributed by atoms with Gasteiger partial charge in [0.05, 0.1) is 0 Å². The minimum Gasteiger partial charge on any atom is -0.411 e. The highest BCUT2D eigenvalue weighted by atomic mass is 16.6. The predicted molar refractivity (Wildman–Crippen MR) is 53.3 cm³/mol. The second-order valence-corrected chi connectivity index (χ2v) is 3.35. The van der Waals surface area contributed by atoms with Crippen molar-refractivity contribution < 1.29 is 9.31 Å². The Morgan fingerprint density at radius 3 is 1.67 bits per heavy atom. The van der Waals surface area contributed by atoms with E-state index in [1.807, 2.05) is 0 Å². The Labute approximate surface area is 76.8 Å². The minimum atomic E-state index is -0.00935. The van der Waals surface area contributed by atoms with Crippen molar-refractivity contribution in [1.29, 1.82) is 0 Å². The van der Waals surface area contributed by atoms with Crippen LogP contribution < -0.4 is 0 Å². The third-order valence-corrected chi connectivity index (χ3v) is 1.52. The molecule has 0 saturated carbocycles. The molecule has 12 heavy (non-hydrogen) atoms. The summed E-state index contributed by atoms with van der Waals surface area (Å²) in [5.74, 6) is 0.447. The fourth-order valence-corrected chi connectivity index (χ4v) is 0.901. The highest BCUT2D eigenvalue weighted by Crippen LogP contribution is 2.10. The highest BCUT2D eigenvalue weighted by molar-refractivity contribution is 6.46. The van der Waals surface area contributed by atoms with E-state index < -0.39 is 0 Å². The molecule has 0 aliphatic rings. The van der Waals surface area contributed by atoms with Crippen LogP contribution in [-0.4, -0.2) is 20.3 Å². The zero-order valence-electron chi connectivity index (χ0n) is 8.80. The molecule has 0 bridgehead atoms. The molecule has 3 heteroatoms. The third-order valence-electron chi connectivity index (χ3n) is 1.52. The SMILES string of the molecule is CCCOB(OCCC)C(C)C. The molecule has 0 aromatic heterocycles. The molecule has 0 amide bonds. The molecule has 0 aromatic carbocycles. The van der Waals surface area contributed by atoms with E-state index in [1.54, 1.807) is 0 Å². The Balaban J connectivity index is 3.55. The zero-order valence-corrected chi connectivity index (χ0v) is 8.80. The Kier molecular flexibility index (Phi) is 7.62. The van der Waals surface area contributed by atoms with Crippen molar-refractivity contribution in [3.05, 3.63) is 0 Å². The van der Waals surface area contributed by atoms with Crippen molar-refractivity contribution in [2.24, 2.45) is 0 Å². The van der Waals surface area contributed by atoms with E-state index in [9.17, 15) is 0 Å². The average Bonchev–Trinajstić information content (AvgIpc) is 2.04. The number of hydrogen-bond donors (Lipinski definition) is 0. The Bertz CT molecular complexity index is 88.5. The van der Waals surface area contributed by atoms with Crippen molar-refractivity contribution in [2.75, 3.05) is 13.2 Å². The molecule has 0 heterocycles. The van der Waals surface area contributed by atoms with E-state index in [-0.39, 0.29) is 7.12 Å². The van der Waals surface area contributed by atoms with Gasteiger partial charge in [0.2, 0.25) is 0 Å². The summed E-state index contributed by atoms with van der Waals surface area (Å²) in [6.07, 6.45) is 2.11. The maximum atomic E-state index is 5.53. The monoisotopic (exact) mass is 172 g/mol. The maximum absolute atomic E-state index is 5.53. The molecule has 0 atom stereocenters. The summed E-state index contributed by atoms with van der Waals surface area (Å²) in [6.45, 7) is 10.1. The topological polar surface area (TPSA) is 18.5 Å². The van der Waals surface area contributed by atoms with Crippen LogP contribution in [0.25, 0.3) is 0 Å². The van der Waals surface area contributed by atoms with Crippen LogP contribution in [0.2, 0.25) is 5.82 Å². The van der Waals surface area contributed by atoms with Crippen molar-refractivity contribution in [3.63, 3.8) is 0 Å². The van der Waals surface area contributed by atoms with Crippen LogP contribution in [0, 0.1) is 0 Å². The van der Waals surface area contributed by atoms with Crippen molar-refractivity contribution >= 4 is 7.12 Å². The Hall–Kier alpha value is -0.0151. The van der Waals surface area contributed by atoms with Crippen LogP contribution in [-0.2, 0) is 9.31 Å². The molecule has 0 spiro atoms. The van der Waals surface area contributed by atoms with Gasteiger partial charge in [0.1, 0.15) is 0 Å². The van der Waals surface area contributed by atoms with Crippen LogP contribution in [0.1, 0.15) is 40.5 Å². The van der Waals surface area contributed by atoms with Gasteiger partial charge in [0.25, 0.3) is 0 Å². The van der Waals surface area contributed by atoms with Gasteiger partial charge in [0, 0.05) is 13.2 Å². The lowest BCUT2D eigenvalue weighted by Gasteiger charge is -2.16. The molecule has 0 aromatic rings. The second-order valence-electron chi connectivity index (χ2n) is 3.35. The lowest BCUT2D eigenvalue weighted by molar-refractivity contribution is 0.190. The van der Waals surface area contributed by atoms with Crippen molar-refractivity contribution in [3.8, 4) is 0 Å². The quantitative estimate of drug-likeness (QED) is 0.549. The van der Waals surface area contributed by atoms with Crippen LogP contribution in [0.3, 0.4) is 0 Å². The van der Waals surface area contributed by atoms with E-state index in [4.69, 9.17) is 9.31 Å². The molecule has 0 rings (SSSR count). The normalized spacial score (nSPS) is 10.8. The van der Waals surface area contributed by atoms with E-state index in [2.05, 4.69) is 27.7 Å². The van der Waals surface area contributed by atoms with Crippen molar-refractivity contribution in [2.45, 2.75) is 46.4 Å². The van der Waals surface area contributed by atoms with Crippen molar-refractivity contribution in [1.82, 2.24) is 0 Å². The van der Waals surface area contributed by atoms with Gasteiger partial charge in [-0.15, -0.1) is 0 Å². The smallest absolute Gasteiger partial charge is 0.411 e. The molecule has 72 valence electrons. The summed E-state index contributed by atoms with van der Waals surface area (Å²) in [7, 11) is -0.00935. The van der Waals surface area contributed by atoms with Crippen LogP contribution >= 0.6 is 0 Å². The Morgan fingerprint density at radius 1 is 1.00 bits per heavy atom. The maximum Gasteiger partial charge on any atom is 0.459 e. The van der Waals surface area contributed by atoms with Crippen LogP contribution in [0.15, 0.2) is 0 Å². The summed E-state index contributed by atoms with van der Waals surface area (Å²) in [4.78, 5) is 0. The van der Waals surface area contributed by atoms with E-state index >= 15 is 0 Å². The van der Waals surface area contributed by atoms with E-state index in [0.717, 1.165) is 26.1 Å². The van der Waals surface area contributed by atoms with Gasteiger partial charge in [0.15, 0.2) is 0 Å². The van der Waals surface area contributed by atoms with E-state index in [1.165, 1.54) is 0 Å². The molecular weight excluding hydrogens is 151 g/mol. The number of hydrogen-bond acceptors (Lipinski definition) is 2. The van der Waals surface area contributed by atoms with E-state index in [0.29, 0.717) is 5.82 Å². The molecule has 0 N–H and O–H groups in total. The highest BCUT2D eigenvalue weighted by Gasteiger charge is 2.21. The van der Waals surface area contributed by atoms with Gasteiger partial charge in [-0.25, -0.2) is 0 Å². The minimum absolute atomic E-state index is 0.00935. The van der Waals surface area contributed by atoms with Gasteiger partial charge < -0.3 is 9.31 Å². The molecule has 0 aliphatic carbocycles. The molecule has 0 radical (unpaired) electrons. The fourth-order valence-electron chi connectivity index (χ4n) is 0.901. The lowest BCUT2D eigenvalue weighted by atomic mass is 9.74. The standard InChI is InChI=1S/C9H21BO2/c1-5-7-11-10(9(3)4)12-8-6-2/h9H,5-8H2,1-4H3. The molecule has 0 aliphatic heterocycles.